The van der Waals surface area contributed by atoms with Crippen LogP contribution in [0.4, 0.5) is 13.2 Å². The van der Waals surface area contributed by atoms with E-state index in [2.05, 4.69) is 16.5 Å². The number of nitrogens with two attached hydrogens (primary N) is 1. The van der Waals surface area contributed by atoms with Crippen LogP contribution in [0.15, 0.2) is 73.0 Å². The third-order valence-electron chi connectivity index (χ3n) is 6.29. The van der Waals surface area contributed by atoms with E-state index in [-0.39, 0.29) is 23.4 Å². The van der Waals surface area contributed by atoms with E-state index >= 15 is 0 Å². The first kappa shape index (κ1) is 26.2. The molecule has 1 aliphatic heterocycles. The number of hydrogen-bond donors (Lipinski definition) is 1. The maximum Gasteiger partial charge on any atom is 0.416 e. The second-order valence-electron chi connectivity index (χ2n) is 8.71. The number of rotatable bonds is 8. The van der Waals surface area contributed by atoms with Crippen molar-refractivity contribution in [3.8, 4) is 17.3 Å². The maximum atomic E-state index is 13.6. The van der Waals surface area contributed by atoms with Crippen molar-refractivity contribution in [3.05, 3.63) is 89.8 Å². The summed E-state index contributed by atoms with van der Waals surface area (Å²) in [7, 11) is 2.05. The number of halogens is 3. The average Bonchev–Trinajstić information content (AvgIpc) is 2.85. The lowest BCUT2D eigenvalue weighted by atomic mass is 9.73. The van der Waals surface area contributed by atoms with Gasteiger partial charge in [-0.1, -0.05) is 36.9 Å². The average molecular weight is 483 g/mol. The number of alkyl halides is 3. The maximum absolute atomic E-state index is 13.6. The first-order chi connectivity index (χ1) is 16.7. The zero-order valence-electron chi connectivity index (χ0n) is 19.7. The van der Waals surface area contributed by atoms with Gasteiger partial charge in [0.05, 0.1) is 41.8 Å². The summed E-state index contributed by atoms with van der Waals surface area (Å²) in [5.74, 6) is 0. The zero-order chi connectivity index (χ0) is 25.5. The van der Waals surface area contributed by atoms with Crippen LogP contribution in [-0.2, 0) is 17.5 Å². The Hall–Kier alpha value is -3.41. The molecule has 0 saturated carbocycles. The molecule has 8 heteroatoms. The summed E-state index contributed by atoms with van der Waals surface area (Å²) in [5, 5.41) is 8.98. The van der Waals surface area contributed by atoms with Crippen molar-refractivity contribution in [2.75, 3.05) is 26.7 Å². The predicted octanol–water partition coefficient (Wildman–Crippen LogP) is 5.45. The molecule has 1 saturated heterocycles. The van der Waals surface area contributed by atoms with E-state index in [1.54, 1.807) is 36.5 Å². The number of hydrogen-bond acceptors (Lipinski definition) is 5. The molecule has 35 heavy (non-hydrogen) atoms. The second-order valence-corrected chi connectivity index (χ2v) is 8.71. The van der Waals surface area contributed by atoms with Crippen molar-refractivity contribution in [2.24, 2.45) is 11.1 Å². The van der Waals surface area contributed by atoms with Crippen LogP contribution in [0.3, 0.4) is 0 Å². The summed E-state index contributed by atoms with van der Waals surface area (Å²) < 4.78 is 46.8. The van der Waals surface area contributed by atoms with Gasteiger partial charge in [-0.25, -0.2) is 0 Å². The number of nitrogens with zero attached hydrogens (tertiary/aromatic N) is 3. The van der Waals surface area contributed by atoms with Crippen molar-refractivity contribution >= 4 is 0 Å². The van der Waals surface area contributed by atoms with Crippen LogP contribution in [0.1, 0.15) is 29.7 Å². The fourth-order valence-corrected chi connectivity index (χ4v) is 4.18. The Bertz CT molecular complexity index is 1120. The third-order valence-corrected chi connectivity index (χ3v) is 6.29. The Kier molecular flexibility index (Phi) is 8.49. The lowest BCUT2D eigenvalue weighted by Gasteiger charge is -2.41. The quantitative estimate of drug-likeness (QED) is 0.506. The molecule has 2 aromatic rings. The van der Waals surface area contributed by atoms with E-state index in [4.69, 9.17) is 15.7 Å². The van der Waals surface area contributed by atoms with Gasteiger partial charge < -0.3 is 15.4 Å². The summed E-state index contributed by atoms with van der Waals surface area (Å²) in [6.45, 7) is 5.64. The molecule has 0 unspecified atom stereocenters. The minimum atomic E-state index is -4.53. The van der Waals surface area contributed by atoms with Crippen molar-refractivity contribution in [1.29, 1.82) is 5.26 Å². The summed E-state index contributed by atoms with van der Waals surface area (Å²) in [6.07, 6.45) is 4.05. The molecule has 2 N–H and O–H groups in total. The van der Waals surface area contributed by atoms with Gasteiger partial charge in [-0.2, -0.15) is 18.4 Å². The largest absolute Gasteiger partial charge is 0.416 e. The minimum Gasteiger partial charge on any atom is -0.404 e. The van der Waals surface area contributed by atoms with E-state index in [0.717, 1.165) is 43.6 Å². The Morgan fingerprint density at radius 1 is 1.26 bits per heavy atom. The van der Waals surface area contributed by atoms with Crippen LogP contribution < -0.4 is 5.73 Å². The molecule has 0 amide bonds. The van der Waals surface area contributed by atoms with Crippen LogP contribution >= 0.6 is 0 Å². The number of allylic oxidation sites excluding steroid dienone is 3. The normalized spacial score (nSPS) is 16.8. The summed E-state index contributed by atoms with van der Waals surface area (Å²) in [6, 6.07) is 10.3. The third kappa shape index (κ3) is 6.59. The lowest BCUT2D eigenvalue weighted by molar-refractivity contribution is -0.137. The van der Waals surface area contributed by atoms with Crippen molar-refractivity contribution in [3.63, 3.8) is 0 Å². The van der Waals surface area contributed by atoms with Gasteiger partial charge in [-0.15, -0.1) is 0 Å². The standard InChI is InChI=1S/C27H29F3N4O/c1-3-4-5-22(17-32)26(10-12-34(2)13-11-26)19-35-18-24-14-23(27(28,29)30)15-25(33-24)21-8-6-20(16-31)7-9-21/h3-9,14-15,17H,1,10-13,18-19,32H2,2H3/b5-4-,22-17+. The van der Waals surface area contributed by atoms with Crippen LogP contribution in [-0.4, -0.2) is 36.6 Å². The second kappa shape index (κ2) is 11.3. The Morgan fingerprint density at radius 2 is 1.94 bits per heavy atom. The van der Waals surface area contributed by atoms with Crippen molar-refractivity contribution in [1.82, 2.24) is 9.88 Å². The van der Waals surface area contributed by atoms with Crippen molar-refractivity contribution < 1.29 is 17.9 Å². The molecule has 0 spiro atoms. The number of likely N-dealkylation sites (tertiary alicyclic amines) is 1. The topological polar surface area (TPSA) is 75.2 Å². The number of nitriles is 1. The molecule has 1 aromatic heterocycles. The summed E-state index contributed by atoms with van der Waals surface area (Å²) in [4.78, 5) is 6.65. The fraction of sp³-hybridized carbons (Fsp3) is 0.333. The highest BCUT2D eigenvalue weighted by Crippen LogP contribution is 2.40. The van der Waals surface area contributed by atoms with Gasteiger partial charge in [0.25, 0.3) is 0 Å². The van der Waals surface area contributed by atoms with Gasteiger partial charge in [-0.3, -0.25) is 4.98 Å². The molecule has 0 aliphatic carbocycles. The molecular formula is C27H29F3N4O. The van der Waals surface area contributed by atoms with Gasteiger partial charge in [0.1, 0.15) is 0 Å². The zero-order valence-corrected chi connectivity index (χ0v) is 19.7. The highest BCUT2D eigenvalue weighted by Gasteiger charge is 2.37. The minimum absolute atomic E-state index is 0.0756. The van der Waals surface area contributed by atoms with Gasteiger partial charge in [0.15, 0.2) is 0 Å². The fourth-order valence-electron chi connectivity index (χ4n) is 4.18. The molecule has 2 heterocycles. The van der Waals surface area contributed by atoms with Gasteiger partial charge in [0, 0.05) is 11.0 Å². The number of piperidine rings is 1. The molecule has 0 atom stereocenters. The van der Waals surface area contributed by atoms with Gasteiger partial charge in [-0.05, 0) is 69.0 Å². The van der Waals surface area contributed by atoms with E-state index < -0.39 is 11.7 Å². The molecular weight excluding hydrogens is 453 g/mol. The van der Waals surface area contributed by atoms with E-state index in [1.807, 2.05) is 25.3 Å². The highest BCUT2D eigenvalue weighted by atomic mass is 19.4. The molecule has 0 bridgehead atoms. The van der Waals surface area contributed by atoms with Crippen LogP contribution in [0, 0.1) is 16.7 Å². The molecule has 5 nitrogen and oxygen atoms in total. The van der Waals surface area contributed by atoms with E-state index in [0.29, 0.717) is 17.7 Å². The number of aromatic nitrogens is 1. The molecule has 184 valence electrons. The van der Waals surface area contributed by atoms with Crippen molar-refractivity contribution in [2.45, 2.75) is 25.6 Å². The van der Waals surface area contributed by atoms with Gasteiger partial charge >= 0.3 is 6.18 Å². The van der Waals surface area contributed by atoms with Crippen LogP contribution in [0.5, 0.6) is 0 Å². The SMILES string of the molecule is C=C/C=C\C(=C/N)C1(COCc2cc(C(F)(F)F)cc(-c3ccc(C#N)cc3)n2)CCN(C)CC1. The first-order valence-corrected chi connectivity index (χ1v) is 11.3. The van der Waals surface area contributed by atoms with E-state index in [1.165, 1.54) is 0 Å². The van der Waals surface area contributed by atoms with E-state index in [9.17, 15) is 13.2 Å². The smallest absolute Gasteiger partial charge is 0.404 e. The molecule has 1 aromatic carbocycles. The van der Waals surface area contributed by atoms with Gasteiger partial charge in [0.2, 0.25) is 0 Å². The lowest BCUT2D eigenvalue weighted by Crippen LogP contribution is -2.42. The Morgan fingerprint density at radius 3 is 2.51 bits per heavy atom. The number of benzene rings is 1. The molecule has 1 aliphatic rings. The monoisotopic (exact) mass is 482 g/mol. The van der Waals surface area contributed by atoms with Crippen LogP contribution in [0.25, 0.3) is 11.3 Å². The molecule has 0 radical (unpaired) electrons. The molecule has 1 fully saturated rings. The Labute approximate surface area is 204 Å². The first-order valence-electron chi connectivity index (χ1n) is 11.3. The Balaban J connectivity index is 1.86. The summed E-state index contributed by atoms with van der Waals surface area (Å²) >= 11 is 0. The predicted molar refractivity (Wildman–Crippen MR) is 130 cm³/mol. The van der Waals surface area contributed by atoms with Crippen LogP contribution in [0.2, 0.25) is 0 Å². The number of ether oxygens (including phenoxy) is 1. The summed E-state index contributed by atoms with van der Waals surface area (Å²) in [5.41, 5.74) is 6.99. The number of pyridine rings is 1. The highest BCUT2D eigenvalue weighted by molar-refractivity contribution is 5.61. The molecule has 3 rings (SSSR count).